The van der Waals surface area contributed by atoms with Gasteiger partial charge in [-0.3, -0.25) is 9.69 Å². The number of carboxylic acid groups (broad SMARTS) is 1. The van der Waals surface area contributed by atoms with Crippen LogP contribution in [0.25, 0.3) is 0 Å². The molecular formula is C20H29N3O3S. The molecule has 0 bridgehead atoms. The topological polar surface area (TPSA) is 81.7 Å². The Morgan fingerprint density at radius 1 is 1.15 bits per heavy atom. The van der Waals surface area contributed by atoms with Gasteiger partial charge in [0.25, 0.3) is 0 Å². The zero-order chi connectivity index (χ0) is 19.1. The number of carbonyl (C=O) groups is 2. The highest BCUT2D eigenvalue weighted by molar-refractivity contribution is 7.99. The van der Waals surface area contributed by atoms with E-state index in [9.17, 15) is 9.59 Å². The molecule has 0 aromatic heterocycles. The lowest BCUT2D eigenvalue weighted by Gasteiger charge is -2.35. The van der Waals surface area contributed by atoms with E-state index < -0.39 is 5.97 Å². The number of carboxylic acids is 1. The molecule has 0 spiro atoms. The van der Waals surface area contributed by atoms with Crippen molar-refractivity contribution in [1.29, 1.82) is 0 Å². The highest BCUT2D eigenvalue weighted by Crippen LogP contribution is 2.24. The normalized spacial score (nSPS) is 26.3. The van der Waals surface area contributed by atoms with Crippen molar-refractivity contribution in [1.82, 2.24) is 15.5 Å². The van der Waals surface area contributed by atoms with Crippen LogP contribution in [0.2, 0.25) is 0 Å². The van der Waals surface area contributed by atoms with Gasteiger partial charge in [0.1, 0.15) is 0 Å². The van der Waals surface area contributed by atoms with Gasteiger partial charge < -0.3 is 15.7 Å². The standard InChI is InChI=1S/C20H29N3O3S/c24-19(25)16-6-8-17(9-7-16)22-20(26)21-12-18-14-27-11-10-23(18)13-15-4-2-1-3-5-15/h1-5,16-18H,6-14H2,(H,24,25)(H2,21,22,26). The summed E-state index contributed by atoms with van der Waals surface area (Å²) in [4.78, 5) is 25.7. The first kappa shape index (κ1) is 20.0. The van der Waals surface area contributed by atoms with Gasteiger partial charge in [0, 0.05) is 43.2 Å². The number of hydrogen-bond donors (Lipinski definition) is 3. The summed E-state index contributed by atoms with van der Waals surface area (Å²) in [7, 11) is 0. The van der Waals surface area contributed by atoms with Crippen LogP contribution in [-0.4, -0.2) is 58.7 Å². The van der Waals surface area contributed by atoms with Gasteiger partial charge in [0.05, 0.1) is 5.92 Å². The van der Waals surface area contributed by atoms with Crippen molar-refractivity contribution < 1.29 is 14.7 Å². The van der Waals surface area contributed by atoms with Gasteiger partial charge in [-0.15, -0.1) is 0 Å². The third-order valence-corrected chi connectivity index (χ3v) is 6.58. The summed E-state index contributed by atoms with van der Waals surface area (Å²) in [5.41, 5.74) is 1.30. The first-order chi connectivity index (χ1) is 13.1. The monoisotopic (exact) mass is 391 g/mol. The van der Waals surface area contributed by atoms with Crippen LogP contribution in [0.15, 0.2) is 30.3 Å². The van der Waals surface area contributed by atoms with E-state index in [4.69, 9.17) is 5.11 Å². The van der Waals surface area contributed by atoms with Crippen molar-refractivity contribution in [2.75, 3.05) is 24.6 Å². The SMILES string of the molecule is O=C(NCC1CSCCN1Cc1ccccc1)NC1CCC(C(=O)O)CC1. The van der Waals surface area contributed by atoms with Crippen molar-refractivity contribution in [2.45, 2.75) is 44.3 Å². The molecule has 1 aliphatic carbocycles. The van der Waals surface area contributed by atoms with Crippen molar-refractivity contribution >= 4 is 23.8 Å². The zero-order valence-electron chi connectivity index (χ0n) is 15.6. The molecule has 1 aliphatic heterocycles. The number of urea groups is 1. The fourth-order valence-corrected chi connectivity index (χ4v) is 4.97. The average molecular weight is 392 g/mol. The molecule has 1 saturated heterocycles. The maximum atomic E-state index is 12.3. The minimum absolute atomic E-state index is 0.0850. The maximum absolute atomic E-state index is 12.3. The van der Waals surface area contributed by atoms with Gasteiger partial charge >= 0.3 is 12.0 Å². The summed E-state index contributed by atoms with van der Waals surface area (Å²) in [5, 5.41) is 15.1. The summed E-state index contributed by atoms with van der Waals surface area (Å²) in [6, 6.07) is 10.7. The Labute approximate surface area is 165 Å². The second-order valence-electron chi connectivity index (χ2n) is 7.43. The van der Waals surface area contributed by atoms with Crippen molar-refractivity contribution in [3.63, 3.8) is 0 Å². The number of carbonyl (C=O) groups excluding carboxylic acids is 1. The minimum Gasteiger partial charge on any atom is -0.481 e. The molecule has 7 heteroatoms. The highest BCUT2D eigenvalue weighted by Gasteiger charge is 2.27. The maximum Gasteiger partial charge on any atom is 0.315 e. The van der Waals surface area contributed by atoms with Crippen molar-refractivity contribution in [3.05, 3.63) is 35.9 Å². The molecule has 3 N–H and O–H groups in total. The molecule has 2 amide bonds. The van der Waals surface area contributed by atoms with Crippen LogP contribution in [0.3, 0.4) is 0 Å². The number of hydrogen-bond acceptors (Lipinski definition) is 4. The van der Waals surface area contributed by atoms with Crippen LogP contribution in [0.4, 0.5) is 4.79 Å². The molecule has 148 valence electrons. The van der Waals surface area contributed by atoms with E-state index in [0.717, 1.165) is 37.4 Å². The molecule has 27 heavy (non-hydrogen) atoms. The molecule has 1 atom stereocenters. The van der Waals surface area contributed by atoms with E-state index in [2.05, 4.69) is 39.8 Å². The second kappa shape index (κ2) is 9.99. The summed E-state index contributed by atoms with van der Waals surface area (Å²) in [5.74, 6) is 1.18. The van der Waals surface area contributed by atoms with Crippen LogP contribution in [0.5, 0.6) is 0 Å². The van der Waals surface area contributed by atoms with Crippen LogP contribution in [0, 0.1) is 5.92 Å². The predicted molar refractivity (Wildman–Crippen MR) is 108 cm³/mol. The molecule has 0 radical (unpaired) electrons. The number of benzene rings is 1. The Hall–Kier alpha value is -1.73. The fourth-order valence-electron chi connectivity index (χ4n) is 3.83. The molecule has 2 aliphatic rings. The number of rotatable bonds is 6. The van der Waals surface area contributed by atoms with Gasteiger partial charge in [-0.05, 0) is 31.2 Å². The lowest BCUT2D eigenvalue weighted by molar-refractivity contribution is -0.142. The summed E-state index contributed by atoms with van der Waals surface area (Å²) in [6.45, 7) is 2.58. The van der Waals surface area contributed by atoms with E-state index in [1.54, 1.807) is 0 Å². The molecule has 1 heterocycles. The average Bonchev–Trinajstić information content (AvgIpc) is 2.68. The Morgan fingerprint density at radius 3 is 2.59 bits per heavy atom. The minimum atomic E-state index is -0.716. The second-order valence-corrected chi connectivity index (χ2v) is 8.58. The Bertz CT molecular complexity index is 620. The van der Waals surface area contributed by atoms with Gasteiger partial charge in [-0.2, -0.15) is 11.8 Å². The van der Waals surface area contributed by atoms with Gasteiger partial charge in [0.15, 0.2) is 0 Å². The summed E-state index contributed by atoms with van der Waals surface area (Å²) < 4.78 is 0. The molecule has 1 unspecified atom stereocenters. The Kier molecular flexibility index (Phi) is 7.41. The molecule has 6 nitrogen and oxygen atoms in total. The zero-order valence-corrected chi connectivity index (χ0v) is 16.4. The number of amides is 2. The quantitative estimate of drug-likeness (QED) is 0.694. The number of thioether (sulfide) groups is 1. The number of nitrogens with zero attached hydrogens (tertiary/aromatic N) is 1. The molecule has 3 rings (SSSR count). The van der Waals surface area contributed by atoms with Gasteiger partial charge in [0.2, 0.25) is 0 Å². The van der Waals surface area contributed by atoms with Gasteiger partial charge in [-0.25, -0.2) is 4.79 Å². The van der Waals surface area contributed by atoms with E-state index in [1.165, 1.54) is 5.56 Å². The molecule has 1 aromatic carbocycles. The fraction of sp³-hybridized carbons (Fsp3) is 0.600. The predicted octanol–water partition coefficient (Wildman–Crippen LogP) is 2.55. The van der Waals surface area contributed by atoms with Crippen LogP contribution in [0.1, 0.15) is 31.2 Å². The van der Waals surface area contributed by atoms with Crippen LogP contribution < -0.4 is 10.6 Å². The highest BCUT2D eigenvalue weighted by atomic mass is 32.2. The molecular weight excluding hydrogens is 362 g/mol. The first-order valence-corrected chi connectivity index (χ1v) is 10.9. The van der Waals surface area contributed by atoms with E-state index in [0.29, 0.717) is 25.4 Å². The van der Waals surface area contributed by atoms with Crippen LogP contribution >= 0.6 is 11.8 Å². The Balaban J connectivity index is 1.42. The lowest BCUT2D eigenvalue weighted by atomic mass is 9.86. The molecule has 2 fully saturated rings. The van der Waals surface area contributed by atoms with E-state index >= 15 is 0 Å². The van der Waals surface area contributed by atoms with Crippen LogP contribution in [-0.2, 0) is 11.3 Å². The number of aliphatic carboxylic acids is 1. The van der Waals surface area contributed by atoms with E-state index in [-0.39, 0.29) is 18.0 Å². The van der Waals surface area contributed by atoms with Crippen molar-refractivity contribution in [3.8, 4) is 0 Å². The third-order valence-electron chi connectivity index (χ3n) is 5.49. The largest absolute Gasteiger partial charge is 0.481 e. The van der Waals surface area contributed by atoms with Crippen molar-refractivity contribution in [2.24, 2.45) is 5.92 Å². The molecule has 1 aromatic rings. The number of nitrogens with one attached hydrogen (secondary N) is 2. The summed E-state index contributed by atoms with van der Waals surface area (Å²) in [6.07, 6.45) is 2.77. The lowest BCUT2D eigenvalue weighted by Crippen LogP contribution is -2.51. The summed E-state index contributed by atoms with van der Waals surface area (Å²) >= 11 is 1.94. The smallest absolute Gasteiger partial charge is 0.315 e. The molecule has 1 saturated carbocycles. The van der Waals surface area contributed by atoms with Gasteiger partial charge in [-0.1, -0.05) is 30.3 Å². The first-order valence-electron chi connectivity index (χ1n) is 9.74. The van der Waals surface area contributed by atoms with E-state index in [1.807, 2.05) is 17.8 Å². The Morgan fingerprint density at radius 2 is 1.89 bits per heavy atom. The third kappa shape index (κ3) is 6.14.